The molecule has 2 amide bonds. The number of nitrogens with two attached hydrogens (primary N) is 2. The van der Waals surface area contributed by atoms with E-state index in [-0.39, 0.29) is 17.9 Å². The molecule has 0 aromatic rings. The Hall–Kier alpha value is -1.10. The minimum absolute atomic E-state index is 0.286. The van der Waals surface area contributed by atoms with E-state index in [1.807, 2.05) is 18.7 Å². The van der Waals surface area contributed by atoms with E-state index in [2.05, 4.69) is 0 Å². The second-order valence-electron chi connectivity index (χ2n) is 3.56. The van der Waals surface area contributed by atoms with Gasteiger partial charge >= 0.3 is 0 Å². The number of nitrogens with zero attached hydrogens (tertiary/aromatic N) is 1. The van der Waals surface area contributed by atoms with Gasteiger partial charge < -0.3 is 11.5 Å². The van der Waals surface area contributed by atoms with E-state index in [9.17, 15) is 9.59 Å². The molecular weight excluding hydrogens is 182 g/mol. The number of carbonyl (C=O) groups excluding carboxylic acids is 2. The summed E-state index contributed by atoms with van der Waals surface area (Å²) in [5.74, 6) is -0.649. The summed E-state index contributed by atoms with van der Waals surface area (Å²) in [7, 11) is 0. The summed E-state index contributed by atoms with van der Waals surface area (Å²) in [5, 5.41) is 0. The Morgan fingerprint density at radius 2 is 1.43 bits per heavy atom. The van der Waals surface area contributed by atoms with E-state index >= 15 is 0 Å². The van der Waals surface area contributed by atoms with Gasteiger partial charge in [0.05, 0.1) is 0 Å². The van der Waals surface area contributed by atoms with Crippen molar-refractivity contribution < 1.29 is 9.59 Å². The monoisotopic (exact) mass is 201 g/mol. The molecule has 82 valence electrons. The van der Waals surface area contributed by atoms with Crippen LogP contribution in [0.5, 0.6) is 0 Å². The zero-order chi connectivity index (χ0) is 11.1. The highest BCUT2D eigenvalue weighted by Crippen LogP contribution is 2.00. The van der Waals surface area contributed by atoms with Crippen LogP contribution < -0.4 is 11.5 Å². The highest BCUT2D eigenvalue weighted by atomic mass is 16.1. The molecule has 4 N–H and O–H groups in total. The van der Waals surface area contributed by atoms with Crippen molar-refractivity contribution in [2.45, 2.75) is 32.7 Å². The van der Waals surface area contributed by atoms with Crippen LogP contribution in [0.2, 0.25) is 0 Å². The van der Waals surface area contributed by atoms with Crippen molar-refractivity contribution >= 4 is 11.8 Å². The molecule has 0 heterocycles. The van der Waals surface area contributed by atoms with Crippen LogP contribution in [0.3, 0.4) is 0 Å². The third-order valence-corrected chi connectivity index (χ3v) is 2.02. The molecular formula is C9H19N3O2. The molecule has 0 bridgehead atoms. The lowest BCUT2D eigenvalue weighted by Crippen LogP contribution is -2.36. The van der Waals surface area contributed by atoms with E-state index in [1.165, 1.54) is 0 Å². The zero-order valence-corrected chi connectivity index (χ0v) is 8.82. The molecule has 0 fully saturated rings. The van der Waals surface area contributed by atoms with Crippen molar-refractivity contribution in [3.05, 3.63) is 0 Å². The van der Waals surface area contributed by atoms with Gasteiger partial charge in [-0.2, -0.15) is 0 Å². The first-order chi connectivity index (χ1) is 6.43. The van der Waals surface area contributed by atoms with Crippen LogP contribution in [-0.4, -0.2) is 35.8 Å². The molecule has 0 rings (SSSR count). The molecule has 0 aliphatic heterocycles. The van der Waals surface area contributed by atoms with Crippen LogP contribution in [0.1, 0.15) is 26.7 Å². The summed E-state index contributed by atoms with van der Waals surface area (Å²) in [6.45, 7) is 5.17. The van der Waals surface area contributed by atoms with E-state index in [4.69, 9.17) is 11.5 Å². The van der Waals surface area contributed by atoms with E-state index in [0.717, 1.165) is 0 Å². The van der Waals surface area contributed by atoms with Crippen LogP contribution in [-0.2, 0) is 9.59 Å². The summed E-state index contributed by atoms with van der Waals surface area (Å²) in [6, 6.07) is 0.286. The molecule has 0 spiro atoms. The summed E-state index contributed by atoms with van der Waals surface area (Å²) in [5.41, 5.74) is 10.1. The molecule has 0 saturated heterocycles. The molecule has 0 atom stereocenters. The van der Waals surface area contributed by atoms with Gasteiger partial charge in [0, 0.05) is 32.0 Å². The van der Waals surface area contributed by atoms with Crippen molar-refractivity contribution in [3.8, 4) is 0 Å². The lowest BCUT2D eigenvalue weighted by molar-refractivity contribution is -0.118. The molecule has 0 aliphatic rings. The van der Waals surface area contributed by atoms with Crippen molar-refractivity contribution in [1.29, 1.82) is 0 Å². The lowest BCUT2D eigenvalue weighted by atomic mass is 10.2. The van der Waals surface area contributed by atoms with Gasteiger partial charge in [0.2, 0.25) is 11.8 Å². The van der Waals surface area contributed by atoms with Gasteiger partial charge in [-0.3, -0.25) is 14.5 Å². The smallest absolute Gasteiger partial charge is 0.218 e. The number of primary amides is 2. The highest BCUT2D eigenvalue weighted by Gasteiger charge is 2.11. The van der Waals surface area contributed by atoms with Crippen molar-refractivity contribution in [3.63, 3.8) is 0 Å². The first kappa shape index (κ1) is 12.9. The highest BCUT2D eigenvalue weighted by molar-refractivity contribution is 5.74. The molecule has 5 heteroatoms. The summed E-state index contributed by atoms with van der Waals surface area (Å²) < 4.78 is 0. The van der Waals surface area contributed by atoms with Gasteiger partial charge in [-0.1, -0.05) is 0 Å². The summed E-state index contributed by atoms with van der Waals surface area (Å²) in [6.07, 6.45) is 0.633. The number of amides is 2. The summed E-state index contributed by atoms with van der Waals surface area (Å²) in [4.78, 5) is 23.1. The Balaban J connectivity index is 3.89. The zero-order valence-electron chi connectivity index (χ0n) is 8.82. The van der Waals surface area contributed by atoms with Crippen molar-refractivity contribution in [2.24, 2.45) is 11.5 Å². The SMILES string of the molecule is CC(C)N(CCC(N)=O)CCC(N)=O. The Morgan fingerprint density at radius 3 is 1.64 bits per heavy atom. The second-order valence-corrected chi connectivity index (χ2v) is 3.56. The average molecular weight is 201 g/mol. The molecule has 0 aromatic carbocycles. The fourth-order valence-corrected chi connectivity index (χ4v) is 1.14. The minimum atomic E-state index is -0.324. The quantitative estimate of drug-likeness (QED) is 0.579. The van der Waals surface area contributed by atoms with Crippen LogP contribution in [0.25, 0.3) is 0 Å². The topological polar surface area (TPSA) is 89.4 Å². The predicted octanol–water partition coefficient (Wildman–Crippen LogP) is -0.552. The molecule has 0 saturated carbocycles. The maximum atomic E-state index is 10.6. The Labute approximate surface area is 84.4 Å². The van der Waals surface area contributed by atoms with Crippen LogP contribution in [0.15, 0.2) is 0 Å². The van der Waals surface area contributed by atoms with Crippen LogP contribution >= 0.6 is 0 Å². The summed E-state index contributed by atoms with van der Waals surface area (Å²) >= 11 is 0. The number of rotatable bonds is 7. The first-order valence-corrected chi connectivity index (χ1v) is 4.74. The minimum Gasteiger partial charge on any atom is -0.370 e. The number of carbonyl (C=O) groups is 2. The average Bonchev–Trinajstić information content (AvgIpc) is 2.02. The van der Waals surface area contributed by atoms with Crippen molar-refractivity contribution in [1.82, 2.24) is 4.90 Å². The van der Waals surface area contributed by atoms with Gasteiger partial charge in [0.1, 0.15) is 0 Å². The van der Waals surface area contributed by atoms with Gasteiger partial charge in [-0.15, -0.1) is 0 Å². The Kier molecular flexibility index (Phi) is 5.87. The van der Waals surface area contributed by atoms with E-state index < -0.39 is 0 Å². The third kappa shape index (κ3) is 6.42. The molecule has 0 unspecified atom stereocenters. The largest absolute Gasteiger partial charge is 0.370 e. The maximum absolute atomic E-state index is 10.6. The second kappa shape index (κ2) is 6.37. The van der Waals surface area contributed by atoms with E-state index in [1.54, 1.807) is 0 Å². The first-order valence-electron chi connectivity index (χ1n) is 4.74. The lowest BCUT2D eigenvalue weighted by Gasteiger charge is -2.25. The number of hydrogen-bond donors (Lipinski definition) is 2. The van der Waals surface area contributed by atoms with Crippen molar-refractivity contribution in [2.75, 3.05) is 13.1 Å². The molecule has 5 nitrogen and oxygen atoms in total. The molecule has 14 heavy (non-hydrogen) atoms. The van der Waals surface area contributed by atoms with Crippen LogP contribution in [0.4, 0.5) is 0 Å². The van der Waals surface area contributed by atoms with Gasteiger partial charge in [-0.25, -0.2) is 0 Å². The normalized spacial score (nSPS) is 10.9. The maximum Gasteiger partial charge on any atom is 0.218 e. The standard InChI is InChI=1S/C9H19N3O2/c1-7(2)12(5-3-8(10)13)6-4-9(11)14/h7H,3-6H2,1-2H3,(H2,10,13)(H2,11,14). The molecule has 0 aromatic heterocycles. The van der Waals surface area contributed by atoms with Gasteiger partial charge in [-0.05, 0) is 13.8 Å². The number of hydrogen-bond acceptors (Lipinski definition) is 3. The van der Waals surface area contributed by atoms with Crippen LogP contribution in [0, 0.1) is 0 Å². The Morgan fingerprint density at radius 1 is 1.07 bits per heavy atom. The molecule has 0 radical (unpaired) electrons. The third-order valence-electron chi connectivity index (χ3n) is 2.02. The Bertz CT molecular complexity index is 186. The van der Waals surface area contributed by atoms with Gasteiger partial charge in [0.15, 0.2) is 0 Å². The fourth-order valence-electron chi connectivity index (χ4n) is 1.14. The predicted molar refractivity (Wildman–Crippen MR) is 54.3 cm³/mol. The van der Waals surface area contributed by atoms with E-state index in [0.29, 0.717) is 25.9 Å². The fraction of sp³-hybridized carbons (Fsp3) is 0.778. The van der Waals surface area contributed by atoms with Gasteiger partial charge in [0.25, 0.3) is 0 Å². The molecule has 0 aliphatic carbocycles.